The van der Waals surface area contributed by atoms with Crippen molar-refractivity contribution in [2.45, 2.75) is 57.2 Å². The maximum Gasteiger partial charge on any atom is 0.226 e. The number of anilines is 1. The Balaban J connectivity index is 1.13. The molecule has 2 aliphatic rings. The van der Waals surface area contributed by atoms with Gasteiger partial charge in [-0.15, -0.1) is 0 Å². The second kappa shape index (κ2) is 11.5. The van der Waals surface area contributed by atoms with Crippen LogP contribution in [0.1, 0.15) is 49.3 Å². The fraction of sp³-hybridized carbons (Fsp3) is 0.448. The van der Waals surface area contributed by atoms with Crippen LogP contribution in [0.5, 0.6) is 0 Å². The molecule has 2 aromatic carbocycles. The smallest absolute Gasteiger partial charge is 0.226 e. The summed E-state index contributed by atoms with van der Waals surface area (Å²) in [6.45, 7) is 4.90. The van der Waals surface area contributed by atoms with Gasteiger partial charge in [0.2, 0.25) is 5.91 Å². The number of aryl methyl sites for hydroxylation is 1. The summed E-state index contributed by atoms with van der Waals surface area (Å²) in [5.74, 6) is 0.267. The zero-order chi connectivity index (χ0) is 23.9. The second-order valence-corrected chi connectivity index (χ2v) is 9.91. The molecule has 3 heterocycles. The van der Waals surface area contributed by atoms with E-state index in [0.717, 1.165) is 70.4 Å². The van der Waals surface area contributed by atoms with E-state index in [-0.39, 0.29) is 5.91 Å². The number of carbonyl (C=O) groups is 1. The number of nitrogens with one attached hydrogen (secondary N) is 1. The highest BCUT2D eigenvalue weighted by molar-refractivity contribution is 5.79. The standard InChI is InChI=1S/C29H37N5O/c35-29(34-16-4-5-17-34)22-24-8-10-27(11-9-24)33-19-12-26(13-20-33)31-28(25-6-2-1-3-7-25)14-18-32-21-15-30-23-32/h1-3,6-11,15,21,23,26,28,31H,4-5,12-14,16-20,22H2. The number of rotatable bonds is 9. The number of carbonyl (C=O) groups excluding carboxylic acids is 1. The van der Waals surface area contributed by atoms with Crippen LogP contribution in [0.4, 0.5) is 5.69 Å². The molecule has 1 aromatic heterocycles. The van der Waals surface area contributed by atoms with Crippen molar-refractivity contribution in [1.29, 1.82) is 0 Å². The molecule has 2 aliphatic heterocycles. The highest BCUT2D eigenvalue weighted by atomic mass is 16.2. The summed E-state index contributed by atoms with van der Waals surface area (Å²) in [5, 5.41) is 3.96. The maximum absolute atomic E-state index is 12.4. The van der Waals surface area contributed by atoms with Gasteiger partial charge in [-0.05, 0) is 55.4 Å². The monoisotopic (exact) mass is 471 g/mol. The molecule has 0 aliphatic carbocycles. The molecule has 0 spiro atoms. The van der Waals surface area contributed by atoms with Crippen LogP contribution in [0, 0.1) is 0 Å². The lowest BCUT2D eigenvalue weighted by molar-refractivity contribution is -0.129. The van der Waals surface area contributed by atoms with Crippen molar-refractivity contribution in [2.24, 2.45) is 0 Å². The molecule has 1 unspecified atom stereocenters. The average Bonchev–Trinajstić information content (AvgIpc) is 3.63. The number of nitrogens with zero attached hydrogens (tertiary/aromatic N) is 4. The fourth-order valence-electron chi connectivity index (χ4n) is 5.40. The van der Waals surface area contributed by atoms with Gasteiger partial charge in [0, 0.05) is 62.9 Å². The third kappa shape index (κ3) is 6.31. The molecule has 3 aromatic rings. The number of imidazole rings is 1. The van der Waals surface area contributed by atoms with Crippen molar-refractivity contribution in [2.75, 3.05) is 31.1 Å². The molecule has 0 bridgehead atoms. The molecule has 5 rings (SSSR count). The Bertz CT molecular complexity index is 1040. The minimum atomic E-state index is 0.267. The number of aromatic nitrogens is 2. The molecule has 1 atom stereocenters. The quantitative estimate of drug-likeness (QED) is 0.501. The Labute approximate surface area is 209 Å². The highest BCUT2D eigenvalue weighted by Gasteiger charge is 2.23. The third-order valence-electron chi connectivity index (χ3n) is 7.48. The third-order valence-corrected chi connectivity index (χ3v) is 7.48. The molecular formula is C29H37N5O. The summed E-state index contributed by atoms with van der Waals surface area (Å²) in [6, 6.07) is 20.3. The first kappa shape index (κ1) is 23.6. The van der Waals surface area contributed by atoms with Crippen LogP contribution >= 0.6 is 0 Å². The van der Waals surface area contributed by atoms with Crippen molar-refractivity contribution in [3.8, 4) is 0 Å². The van der Waals surface area contributed by atoms with Crippen LogP contribution in [0.25, 0.3) is 0 Å². The predicted molar refractivity (Wildman–Crippen MR) is 140 cm³/mol. The van der Waals surface area contributed by atoms with Gasteiger partial charge in [-0.25, -0.2) is 4.98 Å². The molecule has 0 saturated carbocycles. The van der Waals surface area contributed by atoms with Gasteiger partial charge < -0.3 is 19.7 Å². The van der Waals surface area contributed by atoms with Crippen LogP contribution in [0.3, 0.4) is 0 Å². The highest BCUT2D eigenvalue weighted by Crippen LogP contribution is 2.25. The first-order chi connectivity index (χ1) is 17.2. The lowest BCUT2D eigenvalue weighted by Gasteiger charge is -2.36. The normalized spacial score (nSPS) is 17.6. The molecule has 1 N–H and O–H groups in total. The van der Waals surface area contributed by atoms with Crippen LogP contribution in [-0.2, 0) is 17.8 Å². The Kier molecular flexibility index (Phi) is 7.79. The number of hydrogen-bond acceptors (Lipinski definition) is 4. The minimum Gasteiger partial charge on any atom is -0.371 e. The van der Waals surface area contributed by atoms with E-state index in [1.165, 1.54) is 11.3 Å². The molecule has 1 amide bonds. The lowest BCUT2D eigenvalue weighted by Crippen LogP contribution is -2.44. The van der Waals surface area contributed by atoms with Gasteiger partial charge in [-0.2, -0.15) is 0 Å². The molecule has 2 fully saturated rings. The zero-order valence-corrected chi connectivity index (χ0v) is 20.6. The van der Waals surface area contributed by atoms with Crippen LogP contribution in [0.2, 0.25) is 0 Å². The van der Waals surface area contributed by atoms with Crippen molar-refractivity contribution in [1.82, 2.24) is 19.8 Å². The van der Waals surface area contributed by atoms with E-state index in [2.05, 4.69) is 74.4 Å². The number of hydrogen-bond donors (Lipinski definition) is 1. The van der Waals surface area contributed by atoms with E-state index in [1.54, 1.807) is 0 Å². The largest absolute Gasteiger partial charge is 0.371 e. The SMILES string of the molecule is O=C(Cc1ccc(N2CCC(NC(CCn3ccnc3)c3ccccc3)CC2)cc1)N1CCCC1. The van der Waals surface area contributed by atoms with Gasteiger partial charge in [0.25, 0.3) is 0 Å². The van der Waals surface area contributed by atoms with E-state index in [9.17, 15) is 4.79 Å². The second-order valence-electron chi connectivity index (χ2n) is 9.91. The van der Waals surface area contributed by atoms with Gasteiger partial charge in [0.05, 0.1) is 12.7 Å². The van der Waals surface area contributed by atoms with Crippen molar-refractivity contribution in [3.63, 3.8) is 0 Å². The molecular weight excluding hydrogens is 434 g/mol. The van der Waals surface area contributed by atoms with Gasteiger partial charge in [0.1, 0.15) is 0 Å². The summed E-state index contributed by atoms with van der Waals surface area (Å²) in [4.78, 5) is 21.1. The minimum absolute atomic E-state index is 0.267. The van der Waals surface area contributed by atoms with Gasteiger partial charge >= 0.3 is 0 Å². The van der Waals surface area contributed by atoms with Crippen molar-refractivity contribution in [3.05, 3.63) is 84.4 Å². The van der Waals surface area contributed by atoms with E-state index < -0.39 is 0 Å². The number of piperidine rings is 1. The summed E-state index contributed by atoms with van der Waals surface area (Å²) < 4.78 is 2.16. The van der Waals surface area contributed by atoms with E-state index in [1.807, 2.05) is 23.6 Å². The average molecular weight is 472 g/mol. The number of amides is 1. The van der Waals surface area contributed by atoms with Crippen molar-refractivity contribution >= 4 is 11.6 Å². The first-order valence-corrected chi connectivity index (χ1v) is 13.1. The predicted octanol–water partition coefficient (Wildman–Crippen LogP) is 4.44. The Hall–Kier alpha value is -3.12. The fourth-order valence-corrected chi connectivity index (χ4v) is 5.40. The van der Waals surface area contributed by atoms with Crippen molar-refractivity contribution < 1.29 is 4.79 Å². The zero-order valence-electron chi connectivity index (χ0n) is 20.6. The van der Waals surface area contributed by atoms with Crippen LogP contribution in [-0.4, -0.2) is 52.6 Å². The maximum atomic E-state index is 12.4. The molecule has 184 valence electrons. The Morgan fingerprint density at radius 2 is 1.71 bits per heavy atom. The molecule has 6 heteroatoms. The van der Waals surface area contributed by atoms with Gasteiger partial charge in [-0.3, -0.25) is 4.79 Å². The van der Waals surface area contributed by atoms with E-state index in [0.29, 0.717) is 18.5 Å². The number of benzene rings is 2. The van der Waals surface area contributed by atoms with Gasteiger partial charge in [-0.1, -0.05) is 42.5 Å². The lowest BCUT2D eigenvalue weighted by atomic mass is 9.98. The molecule has 0 radical (unpaired) electrons. The summed E-state index contributed by atoms with van der Waals surface area (Å²) in [5.41, 5.74) is 3.74. The van der Waals surface area contributed by atoms with Gasteiger partial charge in [0.15, 0.2) is 0 Å². The van der Waals surface area contributed by atoms with E-state index >= 15 is 0 Å². The Morgan fingerprint density at radius 1 is 0.971 bits per heavy atom. The van der Waals surface area contributed by atoms with Crippen LogP contribution < -0.4 is 10.2 Å². The molecule has 35 heavy (non-hydrogen) atoms. The van der Waals surface area contributed by atoms with E-state index in [4.69, 9.17) is 0 Å². The number of likely N-dealkylation sites (tertiary alicyclic amines) is 1. The topological polar surface area (TPSA) is 53.4 Å². The molecule has 2 saturated heterocycles. The Morgan fingerprint density at radius 3 is 2.40 bits per heavy atom. The summed E-state index contributed by atoms with van der Waals surface area (Å²) >= 11 is 0. The summed E-state index contributed by atoms with van der Waals surface area (Å²) in [6.07, 6.45) is 11.9. The first-order valence-electron chi connectivity index (χ1n) is 13.1. The summed E-state index contributed by atoms with van der Waals surface area (Å²) in [7, 11) is 0. The molecule has 6 nitrogen and oxygen atoms in total. The van der Waals surface area contributed by atoms with Crippen LogP contribution in [0.15, 0.2) is 73.3 Å².